The van der Waals surface area contributed by atoms with E-state index >= 15 is 0 Å². The van der Waals surface area contributed by atoms with Crippen LogP contribution in [-0.2, 0) is 0 Å². The number of unbranched alkanes of at least 4 members (excludes halogenated alkanes) is 1. The third kappa shape index (κ3) is 3.65. The number of hydrogen-bond donors (Lipinski definition) is 2. The molecule has 0 saturated carbocycles. The van der Waals surface area contributed by atoms with Crippen LogP contribution in [0.2, 0.25) is 10.0 Å². The summed E-state index contributed by atoms with van der Waals surface area (Å²) in [4.78, 5) is 0. The van der Waals surface area contributed by atoms with Crippen LogP contribution in [0.25, 0.3) is 0 Å². The molecule has 0 amide bonds. The van der Waals surface area contributed by atoms with Crippen LogP contribution in [0.4, 0.5) is 0 Å². The molecule has 1 unspecified atom stereocenters. The highest BCUT2D eigenvalue weighted by molar-refractivity contribution is 6.33. The highest BCUT2D eigenvalue weighted by Crippen LogP contribution is 2.28. The fourth-order valence-corrected chi connectivity index (χ4v) is 1.95. The predicted molar refractivity (Wildman–Crippen MR) is 66.1 cm³/mol. The number of nitrogens with one attached hydrogen (secondary N) is 1. The van der Waals surface area contributed by atoms with Gasteiger partial charge in [-0.3, -0.25) is 11.3 Å². The lowest BCUT2D eigenvalue weighted by Gasteiger charge is -2.17. The molecule has 3 N–H and O–H groups in total. The normalized spacial score (nSPS) is 12.8. The van der Waals surface area contributed by atoms with E-state index in [9.17, 15) is 0 Å². The first-order chi connectivity index (χ1) is 7.19. The summed E-state index contributed by atoms with van der Waals surface area (Å²) in [5.74, 6) is 5.51. The van der Waals surface area contributed by atoms with Crippen LogP contribution in [0.15, 0.2) is 18.2 Å². The predicted octanol–water partition coefficient (Wildman–Crippen LogP) is 3.69. The van der Waals surface area contributed by atoms with Crippen molar-refractivity contribution in [3.8, 4) is 0 Å². The Morgan fingerprint density at radius 2 is 2.13 bits per heavy atom. The molecule has 0 saturated heterocycles. The average Bonchev–Trinajstić information content (AvgIpc) is 2.24. The second-order valence-electron chi connectivity index (χ2n) is 3.53. The van der Waals surface area contributed by atoms with Crippen LogP contribution in [0.1, 0.15) is 37.8 Å². The second kappa shape index (κ2) is 6.33. The molecule has 0 aliphatic heterocycles. The van der Waals surface area contributed by atoms with Gasteiger partial charge in [0.15, 0.2) is 0 Å². The van der Waals surface area contributed by atoms with Gasteiger partial charge in [0.1, 0.15) is 0 Å². The van der Waals surface area contributed by atoms with E-state index in [4.69, 9.17) is 29.0 Å². The van der Waals surface area contributed by atoms with E-state index in [0.29, 0.717) is 10.0 Å². The molecule has 0 spiro atoms. The fourth-order valence-electron chi connectivity index (χ4n) is 1.52. The summed E-state index contributed by atoms with van der Waals surface area (Å²) in [6.07, 6.45) is 3.21. The molecule has 0 bridgehead atoms. The molecule has 1 rings (SSSR count). The van der Waals surface area contributed by atoms with Gasteiger partial charge in [0.05, 0.1) is 0 Å². The Bertz CT molecular complexity index is 315. The van der Waals surface area contributed by atoms with E-state index in [1.165, 1.54) is 0 Å². The zero-order chi connectivity index (χ0) is 11.3. The SMILES string of the molecule is CCCCC(NN)c1cc(Cl)ccc1Cl. The number of hydrazine groups is 1. The van der Waals surface area contributed by atoms with Gasteiger partial charge in [-0.25, -0.2) is 0 Å². The Morgan fingerprint density at radius 3 is 2.73 bits per heavy atom. The van der Waals surface area contributed by atoms with Crippen LogP contribution in [0.5, 0.6) is 0 Å². The van der Waals surface area contributed by atoms with Crippen molar-refractivity contribution in [2.45, 2.75) is 32.2 Å². The van der Waals surface area contributed by atoms with Gasteiger partial charge >= 0.3 is 0 Å². The van der Waals surface area contributed by atoms with Crippen LogP contribution < -0.4 is 11.3 Å². The van der Waals surface area contributed by atoms with Gasteiger partial charge in [0.2, 0.25) is 0 Å². The van der Waals surface area contributed by atoms with Crippen molar-refractivity contribution >= 4 is 23.2 Å². The Kier molecular flexibility index (Phi) is 5.40. The first-order valence-electron chi connectivity index (χ1n) is 5.10. The van der Waals surface area contributed by atoms with Crippen molar-refractivity contribution in [2.24, 2.45) is 5.84 Å². The van der Waals surface area contributed by atoms with Gasteiger partial charge in [-0.15, -0.1) is 0 Å². The molecule has 0 aromatic heterocycles. The van der Waals surface area contributed by atoms with Gasteiger partial charge in [0.25, 0.3) is 0 Å². The second-order valence-corrected chi connectivity index (χ2v) is 4.37. The summed E-state index contributed by atoms with van der Waals surface area (Å²) in [5, 5.41) is 1.39. The molecule has 0 fully saturated rings. The molecule has 1 aromatic rings. The lowest BCUT2D eigenvalue weighted by molar-refractivity contribution is 0.495. The van der Waals surface area contributed by atoms with E-state index in [1.807, 2.05) is 6.07 Å². The van der Waals surface area contributed by atoms with Crippen molar-refractivity contribution in [3.63, 3.8) is 0 Å². The van der Waals surface area contributed by atoms with E-state index in [0.717, 1.165) is 24.8 Å². The molecule has 2 nitrogen and oxygen atoms in total. The Balaban J connectivity index is 2.85. The van der Waals surface area contributed by atoms with Crippen molar-refractivity contribution in [1.29, 1.82) is 0 Å². The maximum Gasteiger partial charge on any atom is 0.0475 e. The van der Waals surface area contributed by atoms with Gasteiger partial charge in [0, 0.05) is 16.1 Å². The number of rotatable bonds is 5. The number of halogens is 2. The van der Waals surface area contributed by atoms with Gasteiger partial charge in [-0.1, -0.05) is 43.0 Å². The molecule has 15 heavy (non-hydrogen) atoms. The quantitative estimate of drug-likeness (QED) is 0.615. The number of benzene rings is 1. The maximum atomic E-state index is 6.09. The third-order valence-electron chi connectivity index (χ3n) is 2.38. The Hall–Kier alpha value is -0.280. The van der Waals surface area contributed by atoms with Crippen LogP contribution in [0, 0.1) is 0 Å². The monoisotopic (exact) mass is 246 g/mol. The first-order valence-corrected chi connectivity index (χ1v) is 5.85. The standard InChI is InChI=1S/C11H16Cl2N2/c1-2-3-4-11(15-14)9-7-8(12)5-6-10(9)13/h5-7,11,15H,2-4,14H2,1H3. The number of hydrogen-bond acceptors (Lipinski definition) is 2. The molecule has 1 aromatic carbocycles. The summed E-state index contributed by atoms with van der Waals surface area (Å²) < 4.78 is 0. The first kappa shape index (κ1) is 12.8. The zero-order valence-electron chi connectivity index (χ0n) is 8.76. The zero-order valence-corrected chi connectivity index (χ0v) is 10.3. The maximum absolute atomic E-state index is 6.09. The van der Waals surface area contributed by atoms with Crippen molar-refractivity contribution < 1.29 is 0 Å². The average molecular weight is 247 g/mol. The number of nitrogens with two attached hydrogens (primary N) is 1. The molecule has 0 radical (unpaired) electrons. The Labute approximate surface area is 101 Å². The van der Waals surface area contributed by atoms with E-state index in [1.54, 1.807) is 12.1 Å². The van der Waals surface area contributed by atoms with E-state index in [2.05, 4.69) is 12.3 Å². The molecule has 4 heteroatoms. The molecule has 0 aliphatic rings. The summed E-state index contributed by atoms with van der Waals surface area (Å²) >= 11 is 12.0. The van der Waals surface area contributed by atoms with Crippen LogP contribution in [0.3, 0.4) is 0 Å². The van der Waals surface area contributed by atoms with Crippen LogP contribution >= 0.6 is 23.2 Å². The third-order valence-corrected chi connectivity index (χ3v) is 2.96. The smallest absolute Gasteiger partial charge is 0.0475 e. The van der Waals surface area contributed by atoms with Crippen molar-refractivity contribution in [3.05, 3.63) is 33.8 Å². The van der Waals surface area contributed by atoms with Crippen molar-refractivity contribution in [2.75, 3.05) is 0 Å². The molecule has 84 valence electrons. The minimum absolute atomic E-state index is 0.0798. The van der Waals surface area contributed by atoms with Crippen LogP contribution in [-0.4, -0.2) is 0 Å². The topological polar surface area (TPSA) is 38.0 Å². The summed E-state index contributed by atoms with van der Waals surface area (Å²) in [7, 11) is 0. The summed E-state index contributed by atoms with van der Waals surface area (Å²) in [6, 6.07) is 5.52. The molecular weight excluding hydrogens is 231 g/mol. The lowest BCUT2D eigenvalue weighted by Crippen LogP contribution is -2.28. The van der Waals surface area contributed by atoms with E-state index < -0.39 is 0 Å². The lowest BCUT2D eigenvalue weighted by atomic mass is 10.0. The minimum Gasteiger partial charge on any atom is -0.271 e. The van der Waals surface area contributed by atoms with E-state index in [-0.39, 0.29) is 6.04 Å². The van der Waals surface area contributed by atoms with Gasteiger partial charge < -0.3 is 0 Å². The minimum atomic E-state index is 0.0798. The molecule has 1 atom stereocenters. The van der Waals surface area contributed by atoms with Gasteiger partial charge in [-0.2, -0.15) is 0 Å². The molecular formula is C11H16Cl2N2. The highest BCUT2D eigenvalue weighted by Gasteiger charge is 2.12. The largest absolute Gasteiger partial charge is 0.271 e. The van der Waals surface area contributed by atoms with Crippen molar-refractivity contribution in [1.82, 2.24) is 5.43 Å². The highest BCUT2D eigenvalue weighted by atomic mass is 35.5. The fraction of sp³-hybridized carbons (Fsp3) is 0.455. The molecule has 0 aliphatic carbocycles. The Morgan fingerprint density at radius 1 is 1.40 bits per heavy atom. The summed E-state index contributed by atoms with van der Waals surface area (Å²) in [5.41, 5.74) is 3.75. The van der Waals surface area contributed by atoms with Gasteiger partial charge in [-0.05, 0) is 30.2 Å². The molecule has 0 heterocycles. The summed E-state index contributed by atoms with van der Waals surface area (Å²) in [6.45, 7) is 2.15.